The topological polar surface area (TPSA) is 12.0 Å². The zero-order valence-electron chi connectivity index (χ0n) is 12.3. The van der Waals surface area contributed by atoms with Gasteiger partial charge in [0.1, 0.15) is 0 Å². The predicted molar refractivity (Wildman–Crippen MR) is 97.3 cm³/mol. The summed E-state index contributed by atoms with van der Waals surface area (Å²) in [6.07, 6.45) is 3.66. The number of allylic oxidation sites excluding steroid dienone is 1. The van der Waals surface area contributed by atoms with Crippen molar-refractivity contribution in [1.82, 2.24) is 5.32 Å². The number of fused-ring (bicyclic) bond motifs is 1. The molecule has 22 heavy (non-hydrogen) atoms. The molecule has 0 aliphatic carbocycles. The molecule has 4 aliphatic rings. The number of nitrogens with one attached hydrogen (secondary N) is 1. The zero-order chi connectivity index (χ0) is 14.5. The number of benzene rings is 2. The van der Waals surface area contributed by atoms with Crippen LogP contribution in [0.2, 0.25) is 0 Å². The Hall–Kier alpha value is -1.06. The van der Waals surface area contributed by atoms with Crippen molar-refractivity contribution in [3.05, 3.63) is 74.2 Å². The Morgan fingerprint density at radius 3 is 2.82 bits per heavy atom. The third-order valence-electron chi connectivity index (χ3n) is 4.92. The summed E-state index contributed by atoms with van der Waals surface area (Å²) in [6, 6.07) is 18.2. The first-order valence-corrected chi connectivity index (χ1v) is 13.9. The summed E-state index contributed by atoms with van der Waals surface area (Å²) in [5, 5.41) is 3.65. The van der Waals surface area contributed by atoms with E-state index in [0.29, 0.717) is 0 Å². The molecule has 0 amide bonds. The fourth-order valence-electron chi connectivity index (χ4n) is 3.97. The maximum atomic E-state index is 3.65. The zero-order valence-corrected chi connectivity index (χ0v) is 16.4. The molecule has 1 saturated heterocycles. The van der Waals surface area contributed by atoms with Crippen molar-refractivity contribution >= 4 is 45.9 Å². The van der Waals surface area contributed by atoms with Crippen molar-refractivity contribution < 1.29 is 0 Å². The molecule has 0 atom stereocenters. The van der Waals surface area contributed by atoms with Gasteiger partial charge in [-0.2, -0.15) is 0 Å². The van der Waals surface area contributed by atoms with Gasteiger partial charge in [0.15, 0.2) is 0 Å². The minimum atomic E-state index is -2.00. The molecule has 0 aromatic heterocycles. The summed E-state index contributed by atoms with van der Waals surface area (Å²) in [6.45, 7) is 0. The maximum absolute atomic E-state index is 3.65. The van der Waals surface area contributed by atoms with Crippen molar-refractivity contribution in [3.63, 3.8) is 0 Å². The van der Waals surface area contributed by atoms with Gasteiger partial charge in [0.05, 0.1) is 0 Å². The first kappa shape index (κ1) is 13.4. The van der Waals surface area contributed by atoms with Crippen LogP contribution in [0.25, 0.3) is 9.41 Å². The average Bonchev–Trinajstić information content (AvgIpc) is 3.17. The van der Waals surface area contributed by atoms with Crippen molar-refractivity contribution in [2.75, 3.05) is 11.6 Å². The van der Waals surface area contributed by atoms with Gasteiger partial charge < -0.3 is 0 Å². The molecule has 3 heteroatoms. The molecular formula is C19H16InNS. The first-order chi connectivity index (χ1) is 10.9. The Bertz CT molecular complexity index is 815. The van der Waals surface area contributed by atoms with Gasteiger partial charge in [0.25, 0.3) is 0 Å². The Morgan fingerprint density at radius 1 is 1.09 bits per heavy atom. The molecule has 0 spiro atoms. The van der Waals surface area contributed by atoms with E-state index in [1.165, 1.54) is 22.4 Å². The second-order valence-electron chi connectivity index (χ2n) is 6.22. The summed E-state index contributed by atoms with van der Waals surface area (Å²) in [5.41, 5.74) is 6.04. The van der Waals surface area contributed by atoms with E-state index >= 15 is 0 Å². The molecule has 1 fully saturated rings. The Kier molecular flexibility index (Phi) is 3.19. The monoisotopic (exact) mass is 405 g/mol. The second kappa shape index (κ2) is 5.24. The van der Waals surface area contributed by atoms with Crippen LogP contribution in [-0.4, -0.2) is 33.1 Å². The molecule has 106 valence electrons. The van der Waals surface area contributed by atoms with Crippen LogP contribution < -0.4 is 8.64 Å². The number of thioether (sulfide) groups is 1. The van der Waals surface area contributed by atoms with E-state index < -0.39 is 21.4 Å². The van der Waals surface area contributed by atoms with Gasteiger partial charge in [0, 0.05) is 0 Å². The number of hydrogen-bond donors (Lipinski definition) is 1. The summed E-state index contributed by atoms with van der Waals surface area (Å²) < 4.78 is 5.21. The van der Waals surface area contributed by atoms with E-state index in [1.807, 2.05) is 11.8 Å². The van der Waals surface area contributed by atoms with Crippen LogP contribution in [0.5, 0.6) is 0 Å². The molecule has 1 N–H and O–H groups in total. The van der Waals surface area contributed by atoms with Gasteiger partial charge in [-0.1, -0.05) is 0 Å². The first-order valence-electron chi connectivity index (χ1n) is 7.83. The molecule has 4 heterocycles. The van der Waals surface area contributed by atoms with Crippen LogP contribution in [0.3, 0.4) is 0 Å². The van der Waals surface area contributed by atoms with Gasteiger partial charge >= 0.3 is 144 Å². The van der Waals surface area contributed by atoms with Gasteiger partial charge in [-0.25, -0.2) is 0 Å². The van der Waals surface area contributed by atoms with Crippen molar-refractivity contribution in [2.45, 2.75) is 6.42 Å². The molecule has 2 aromatic carbocycles. The third kappa shape index (κ3) is 2.02. The van der Waals surface area contributed by atoms with Crippen LogP contribution >= 0.6 is 11.8 Å². The van der Waals surface area contributed by atoms with E-state index in [9.17, 15) is 0 Å². The number of rotatable bonds is 2. The van der Waals surface area contributed by atoms with Crippen molar-refractivity contribution in [1.29, 1.82) is 0 Å². The average molecular weight is 405 g/mol. The molecule has 6 rings (SSSR count). The van der Waals surface area contributed by atoms with Gasteiger partial charge in [0.2, 0.25) is 0 Å². The molecular weight excluding hydrogens is 389 g/mol. The number of hydrogen-bond acceptors (Lipinski definition) is 2. The molecule has 2 aromatic rings. The Balaban J connectivity index is 1.60. The summed E-state index contributed by atoms with van der Waals surface area (Å²) >= 11 is 0.00901. The summed E-state index contributed by atoms with van der Waals surface area (Å²) in [4.78, 5) is 0. The SMILES string of the molecule is C1=[C](Cc2ccccc2)[In]2/[C](=C3\CSCN3)c3cc[c]2c1c3. The van der Waals surface area contributed by atoms with E-state index in [2.05, 4.69) is 59.9 Å². The molecule has 0 unspecified atom stereocenters. The standard InChI is InChI=1S/C19H16NS.In/c1-2-6-16(7-3-1)8-4-9-17-10-5-11-18(12-17)13-19-14-21-15-20-19;/h1-3,5-7,9,11-12,20H,8,14-15H2;. The fourth-order valence-corrected chi connectivity index (χ4v) is 15.9. The van der Waals surface area contributed by atoms with Crippen LogP contribution in [0.4, 0.5) is 0 Å². The molecule has 0 radical (unpaired) electrons. The van der Waals surface area contributed by atoms with Gasteiger partial charge in [-0.05, 0) is 0 Å². The second-order valence-corrected chi connectivity index (χ2v) is 15.2. The van der Waals surface area contributed by atoms with Crippen LogP contribution in [0.1, 0.15) is 16.7 Å². The van der Waals surface area contributed by atoms with E-state index in [1.54, 1.807) is 15.7 Å². The predicted octanol–water partition coefficient (Wildman–Crippen LogP) is 3.13. The normalized spacial score (nSPS) is 21.3. The van der Waals surface area contributed by atoms with Gasteiger partial charge in [-0.3, -0.25) is 0 Å². The quantitative estimate of drug-likeness (QED) is 0.825. The summed E-state index contributed by atoms with van der Waals surface area (Å²) in [7, 11) is 0. The van der Waals surface area contributed by atoms with Gasteiger partial charge in [-0.15, -0.1) is 0 Å². The molecule has 1 nitrogen and oxygen atoms in total. The van der Waals surface area contributed by atoms with E-state index in [0.717, 1.165) is 12.3 Å². The van der Waals surface area contributed by atoms with Crippen molar-refractivity contribution in [3.8, 4) is 0 Å². The van der Waals surface area contributed by atoms with E-state index in [-0.39, 0.29) is 0 Å². The fraction of sp³-hybridized carbons (Fsp3) is 0.158. The Labute approximate surface area is 143 Å². The minimum absolute atomic E-state index is 1.08. The van der Waals surface area contributed by atoms with Crippen LogP contribution in [0.15, 0.2) is 57.6 Å². The van der Waals surface area contributed by atoms with Crippen LogP contribution in [-0.2, 0) is 6.42 Å². The van der Waals surface area contributed by atoms with Crippen molar-refractivity contribution in [2.24, 2.45) is 0 Å². The molecule has 0 saturated carbocycles. The third-order valence-corrected chi connectivity index (χ3v) is 15.8. The summed E-state index contributed by atoms with van der Waals surface area (Å²) in [5.74, 6) is 2.26. The van der Waals surface area contributed by atoms with Crippen LogP contribution in [0, 0.1) is 0 Å². The molecule has 4 aliphatic heterocycles. The molecule has 4 bridgehead atoms. The Morgan fingerprint density at radius 2 is 2.00 bits per heavy atom. The van der Waals surface area contributed by atoms with E-state index in [4.69, 9.17) is 0 Å².